The highest BCUT2D eigenvalue weighted by Crippen LogP contribution is 2.49. The van der Waals surface area contributed by atoms with Crippen molar-refractivity contribution in [2.45, 2.75) is 77.0 Å². The van der Waals surface area contributed by atoms with E-state index < -0.39 is 5.82 Å². The number of rotatable bonds is 8. The van der Waals surface area contributed by atoms with Gasteiger partial charge in [0.05, 0.1) is 0 Å². The van der Waals surface area contributed by atoms with E-state index in [2.05, 4.69) is 13.5 Å². The molecule has 2 unspecified atom stereocenters. The van der Waals surface area contributed by atoms with E-state index in [9.17, 15) is 4.39 Å². The zero-order chi connectivity index (χ0) is 21.8. The largest absolute Gasteiger partial charge is 0.486 e. The fourth-order valence-electron chi connectivity index (χ4n) is 6.09. The smallest absolute Gasteiger partial charge is 0.165 e. The summed E-state index contributed by atoms with van der Waals surface area (Å²) < 4.78 is 35.3. The molecule has 31 heavy (non-hydrogen) atoms. The van der Waals surface area contributed by atoms with Crippen molar-refractivity contribution in [3.8, 4) is 5.75 Å². The Labute approximate surface area is 185 Å². The van der Waals surface area contributed by atoms with Crippen LogP contribution in [0.25, 0.3) is 10.8 Å². The molecule has 2 aliphatic rings. The molecule has 2 saturated carbocycles. The summed E-state index contributed by atoms with van der Waals surface area (Å²) in [5.74, 6) is 2.09. The molecule has 0 aromatic heterocycles. The lowest BCUT2D eigenvalue weighted by Gasteiger charge is -2.42. The molecule has 0 N–H and O–H groups in total. The number of unbranched alkanes of at least 4 members (excludes halogenated alkanes) is 2. The first-order chi connectivity index (χ1) is 15.1. The van der Waals surface area contributed by atoms with Gasteiger partial charge in [-0.1, -0.05) is 63.8 Å². The molecular weight excluding hydrogens is 390 g/mol. The molecule has 3 heteroatoms. The van der Waals surface area contributed by atoms with Crippen molar-refractivity contribution in [1.29, 1.82) is 0 Å². The summed E-state index contributed by atoms with van der Waals surface area (Å²) >= 11 is 0. The van der Waals surface area contributed by atoms with Crippen molar-refractivity contribution in [1.82, 2.24) is 0 Å². The van der Waals surface area contributed by atoms with Crippen LogP contribution in [0.4, 0.5) is 8.78 Å². The summed E-state index contributed by atoms with van der Waals surface area (Å²) in [6.07, 6.45) is 14.3. The summed E-state index contributed by atoms with van der Waals surface area (Å²) in [5.41, 5.74) is 0.773. The molecule has 0 aliphatic heterocycles. The van der Waals surface area contributed by atoms with Crippen LogP contribution in [0.5, 0.6) is 5.75 Å². The third-order valence-corrected chi connectivity index (χ3v) is 7.77. The first-order valence-corrected chi connectivity index (χ1v) is 12.3. The van der Waals surface area contributed by atoms with E-state index in [0.29, 0.717) is 10.8 Å². The summed E-state index contributed by atoms with van der Waals surface area (Å²) in [6.45, 7) is 6.09. The van der Waals surface area contributed by atoms with Crippen LogP contribution >= 0.6 is 0 Å². The minimum atomic E-state index is -0.518. The number of hydrogen-bond donors (Lipinski definition) is 0. The molecule has 0 heterocycles. The van der Waals surface area contributed by atoms with Crippen molar-refractivity contribution in [2.24, 2.45) is 17.8 Å². The maximum absolute atomic E-state index is 15.5. The van der Waals surface area contributed by atoms with Crippen LogP contribution in [0, 0.1) is 29.4 Å². The third-order valence-electron chi connectivity index (χ3n) is 7.77. The van der Waals surface area contributed by atoms with Crippen molar-refractivity contribution in [3.05, 3.63) is 54.1 Å². The van der Waals surface area contributed by atoms with Gasteiger partial charge in [0.15, 0.2) is 11.6 Å². The molecule has 2 aliphatic carbocycles. The lowest BCUT2D eigenvalue weighted by molar-refractivity contribution is 0.112. The van der Waals surface area contributed by atoms with Gasteiger partial charge < -0.3 is 4.74 Å². The summed E-state index contributed by atoms with van der Waals surface area (Å²) in [4.78, 5) is 0. The van der Waals surface area contributed by atoms with E-state index in [1.165, 1.54) is 57.4 Å². The molecule has 4 rings (SSSR count). The maximum Gasteiger partial charge on any atom is 0.165 e. The van der Waals surface area contributed by atoms with Gasteiger partial charge in [0.1, 0.15) is 12.4 Å². The van der Waals surface area contributed by atoms with E-state index in [1.54, 1.807) is 12.1 Å². The van der Waals surface area contributed by atoms with Gasteiger partial charge in [0.2, 0.25) is 0 Å². The maximum atomic E-state index is 15.5. The zero-order valence-corrected chi connectivity index (χ0v) is 18.8. The Morgan fingerprint density at radius 2 is 1.84 bits per heavy atom. The topological polar surface area (TPSA) is 9.23 Å². The molecule has 2 aromatic carbocycles. The van der Waals surface area contributed by atoms with Crippen LogP contribution in [0.1, 0.15) is 82.6 Å². The van der Waals surface area contributed by atoms with E-state index in [4.69, 9.17) is 4.74 Å². The highest BCUT2D eigenvalue weighted by Gasteiger charge is 2.36. The average molecular weight is 427 g/mol. The number of benzene rings is 2. The van der Waals surface area contributed by atoms with Crippen molar-refractivity contribution in [2.75, 3.05) is 6.61 Å². The van der Waals surface area contributed by atoms with Crippen LogP contribution < -0.4 is 4.74 Å². The molecule has 168 valence electrons. The van der Waals surface area contributed by atoms with Gasteiger partial charge in [-0.25, -0.2) is 8.78 Å². The second kappa shape index (κ2) is 10.1. The first kappa shape index (κ1) is 22.3. The van der Waals surface area contributed by atoms with E-state index in [-0.39, 0.29) is 24.1 Å². The monoisotopic (exact) mass is 426 g/mol. The quantitative estimate of drug-likeness (QED) is 0.303. The SMILES string of the molecule is C=CCOc1cc2ccc([C@@H]3CC[C@@H]4CC(CCCCC)CCC4C3)c(F)c2cc1F. The Morgan fingerprint density at radius 1 is 1.03 bits per heavy atom. The van der Waals surface area contributed by atoms with E-state index in [0.717, 1.165) is 36.2 Å². The number of halogens is 2. The minimum Gasteiger partial charge on any atom is -0.486 e. The Balaban J connectivity index is 1.46. The highest BCUT2D eigenvalue weighted by atomic mass is 19.1. The Bertz CT molecular complexity index is 906. The molecule has 0 amide bonds. The predicted octanol–water partition coefficient (Wildman–Crippen LogP) is 8.56. The van der Waals surface area contributed by atoms with Gasteiger partial charge in [0.25, 0.3) is 0 Å². The van der Waals surface area contributed by atoms with Gasteiger partial charge in [-0.05, 0) is 78.9 Å². The average Bonchev–Trinajstić information content (AvgIpc) is 2.78. The highest BCUT2D eigenvalue weighted by molar-refractivity contribution is 5.85. The number of fused-ring (bicyclic) bond motifs is 2. The van der Waals surface area contributed by atoms with Crippen molar-refractivity contribution < 1.29 is 13.5 Å². The van der Waals surface area contributed by atoms with Crippen LogP contribution in [0.15, 0.2) is 36.9 Å². The first-order valence-electron chi connectivity index (χ1n) is 12.3. The van der Waals surface area contributed by atoms with Crippen LogP contribution in [0.3, 0.4) is 0 Å². The van der Waals surface area contributed by atoms with Crippen molar-refractivity contribution >= 4 is 10.8 Å². The van der Waals surface area contributed by atoms with Gasteiger partial charge in [0, 0.05) is 5.39 Å². The predicted molar refractivity (Wildman–Crippen MR) is 125 cm³/mol. The molecular formula is C28H36F2O. The molecule has 0 bridgehead atoms. The van der Waals surface area contributed by atoms with E-state index >= 15 is 4.39 Å². The molecule has 2 aromatic rings. The van der Waals surface area contributed by atoms with E-state index in [1.807, 2.05) is 12.1 Å². The summed E-state index contributed by atoms with van der Waals surface area (Å²) in [7, 11) is 0. The van der Waals surface area contributed by atoms with Gasteiger partial charge in [-0.3, -0.25) is 0 Å². The second-order valence-corrected chi connectivity index (χ2v) is 9.78. The number of ether oxygens (including phenoxy) is 1. The standard InChI is InChI=1S/C28H36F2O/c1-3-5-6-7-19-8-9-21-16-22(11-10-20(21)15-19)24-13-12-23-17-27(31-14-4-2)26(29)18-25(23)28(24)30/h4,12-13,17-22H,2-3,5-11,14-16H2,1H3/t19?,20-,21?,22-/m1/s1. The molecule has 1 nitrogen and oxygen atoms in total. The molecule has 2 fully saturated rings. The van der Waals surface area contributed by atoms with Gasteiger partial charge in [-0.15, -0.1) is 0 Å². The van der Waals surface area contributed by atoms with Gasteiger partial charge in [-0.2, -0.15) is 0 Å². The van der Waals surface area contributed by atoms with Crippen molar-refractivity contribution in [3.63, 3.8) is 0 Å². The van der Waals surface area contributed by atoms with Crippen LogP contribution in [0.2, 0.25) is 0 Å². The number of hydrogen-bond acceptors (Lipinski definition) is 1. The summed E-state index contributed by atoms with van der Waals surface area (Å²) in [5, 5.41) is 1.05. The third kappa shape index (κ3) is 4.96. The summed E-state index contributed by atoms with van der Waals surface area (Å²) in [6, 6.07) is 6.73. The van der Waals surface area contributed by atoms with Crippen LogP contribution in [-0.2, 0) is 0 Å². The lowest BCUT2D eigenvalue weighted by Crippen LogP contribution is -2.30. The molecule has 0 saturated heterocycles. The second-order valence-electron chi connectivity index (χ2n) is 9.78. The zero-order valence-electron chi connectivity index (χ0n) is 18.8. The lowest BCUT2D eigenvalue weighted by atomic mass is 9.63. The Hall–Kier alpha value is -1.90. The molecule has 4 atom stereocenters. The molecule has 0 spiro atoms. The Morgan fingerprint density at radius 3 is 2.65 bits per heavy atom. The Kier molecular flexibility index (Phi) is 7.30. The molecule has 0 radical (unpaired) electrons. The fourth-order valence-corrected chi connectivity index (χ4v) is 6.09. The van der Waals surface area contributed by atoms with Gasteiger partial charge >= 0.3 is 0 Å². The van der Waals surface area contributed by atoms with Crippen LogP contribution in [-0.4, -0.2) is 6.61 Å². The normalized spacial score (nSPS) is 25.9. The fraction of sp³-hybridized carbons (Fsp3) is 0.571. The minimum absolute atomic E-state index is 0.149.